The molecule has 0 aromatic carbocycles. The first-order valence-electron chi connectivity index (χ1n) is 6.76. The highest BCUT2D eigenvalue weighted by atomic mass is 16.5. The molecule has 0 aromatic rings. The summed E-state index contributed by atoms with van der Waals surface area (Å²) >= 11 is 0. The fraction of sp³-hybridized carbons (Fsp3) is 1.00. The van der Waals surface area contributed by atoms with Crippen molar-refractivity contribution in [2.45, 2.75) is 58.9 Å². The van der Waals surface area contributed by atoms with Gasteiger partial charge in [-0.3, -0.25) is 0 Å². The first kappa shape index (κ1) is 14.0. The van der Waals surface area contributed by atoms with E-state index in [0.717, 1.165) is 31.5 Å². The molecule has 0 bridgehead atoms. The molecule has 96 valence electrons. The van der Waals surface area contributed by atoms with Crippen molar-refractivity contribution in [1.29, 1.82) is 0 Å². The van der Waals surface area contributed by atoms with Gasteiger partial charge in [0, 0.05) is 19.8 Å². The second kappa shape index (κ2) is 6.61. The molecule has 0 amide bonds. The van der Waals surface area contributed by atoms with Crippen LogP contribution in [0, 0.1) is 11.3 Å². The number of nitrogens with one attached hydrogen (secondary N) is 1. The van der Waals surface area contributed by atoms with Gasteiger partial charge < -0.3 is 10.1 Å². The van der Waals surface area contributed by atoms with Gasteiger partial charge >= 0.3 is 0 Å². The lowest BCUT2D eigenvalue weighted by Gasteiger charge is -2.37. The molecule has 2 nitrogen and oxygen atoms in total. The molecule has 0 heterocycles. The quantitative estimate of drug-likeness (QED) is 0.728. The summed E-state index contributed by atoms with van der Waals surface area (Å²) in [6.07, 6.45) is 6.64. The van der Waals surface area contributed by atoms with E-state index in [1.807, 2.05) is 0 Å². The molecule has 1 N–H and O–H groups in total. The molecule has 1 aliphatic carbocycles. The van der Waals surface area contributed by atoms with E-state index >= 15 is 0 Å². The van der Waals surface area contributed by atoms with Gasteiger partial charge in [0.1, 0.15) is 0 Å². The zero-order valence-electron chi connectivity index (χ0n) is 11.5. The van der Waals surface area contributed by atoms with Crippen LogP contribution in [0.5, 0.6) is 0 Å². The predicted molar refractivity (Wildman–Crippen MR) is 69.7 cm³/mol. The summed E-state index contributed by atoms with van der Waals surface area (Å²) in [4.78, 5) is 0. The van der Waals surface area contributed by atoms with Crippen molar-refractivity contribution in [2.75, 3.05) is 20.3 Å². The topological polar surface area (TPSA) is 21.3 Å². The summed E-state index contributed by atoms with van der Waals surface area (Å²) in [6.45, 7) is 9.13. The maximum absolute atomic E-state index is 5.05. The summed E-state index contributed by atoms with van der Waals surface area (Å²) in [7, 11) is 1.77. The Hall–Kier alpha value is -0.0800. The van der Waals surface area contributed by atoms with Gasteiger partial charge in [0.2, 0.25) is 0 Å². The van der Waals surface area contributed by atoms with Crippen molar-refractivity contribution in [3.63, 3.8) is 0 Å². The van der Waals surface area contributed by atoms with Gasteiger partial charge in [-0.15, -0.1) is 0 Å². The molecule has 0 aromatic heterocycles. The van der Waals surface area contributed by atoms with Crippen LogP contribution in [0.25, 0.3) is 0 Å². The largest absolute Gasteiger partial charge is 0.385 e. The summed E-state index contributed by atoms with van der Waals surface area (Å²) in [5.74, 6) is 0.921. The highest BCUT2D eigenvalue weighted by Crippen LogP contribution is 2.37. The normalized spacial score (nSPS) is 27.0. The molecule has 0 spiro atoms. The fourth-order valence-corrected chi connectivity index (χ4v) is 2.69. The van der Waals surface area contributed by atoms with Gasteiger partial charge in [-0.25, -0.2) is 0 Å². The highest BCUT2D eigenvalue weighted by Gasteiger charge is 2.29. The van der Waals surface area contributed by atoms with Gasteiger partial charge in [0.05, 0.1) is 0 Å². The minimum Gasteiger partial charge on any atom is -0.385 e. The van der Waals surface area contributed by atoms with Crippen molar-refractivity contribution in [2.24, 2.45) is 11.3 Å². The van der Waals surface area contributed by atoms with Crippen LogP contribution in [-0.2, 0) is 4.74 Å². The minimum atomic E-state index is 0.501. The molecule has 1 aliphatic rings. The van der Waals surface area contributed by atoms with E-state index in [9.17, 15) is 0 Å². The first-order chi connectivity index (χ1) is 7.54. The maximum Gasteiger partial charge on any atom is 0.0474 e. The molecule has 0 unspecified atom stereocenters. The van der Waals surface area contributed by atoms with Gasteiger partial charge in [0.15, 0.2) is 0 Å². The summed E-state index contributed by atoms with van der Waals surface area (Å²) in [6, 6.07) is 0.760. The van der Waals surface area contributed by atoms with Crippen LogP contribution in [0.3, 0.4) is 0 Å². The Bertz CT molecular complexity index is 178. The average Bonchev–Trinajstić information content (AvgIpc) is 2.24. The predicted octanol–water partition coefficient (Wildman–Crippen LogP) is 3.22. The third-order valence-electron chi connectivity index (χ3n) is 3.91. The van der Waals surface area contributed by atoms with Gasteiger partial charge in [-0.2, -0.15) is 0 Å². The van der Waals surface area contributed by atoms with Crippen molar-refractivity contribution in [3.8, 4) is 0 Å². The smallest absolute Gasteiger partial charge is 0.0474 e. The van der Waals surface area contributed by atoms with Crippen LogP contribution in [0.15, 0.2) is 0 Å². The Balaban J connectivity index is 2.12. The van der Waals surface area contributed by atoms with Gasteiger partial charge in [-0.05, 0) is 50.0 Å². The molecule has 0 saturated heterocycles. The molecule has 2 heteroatoms. The Morgan fingerprint density at radius 2 is 1.75 bits per heavy atom. The fourth-order valence-electron chi connectivity index (χ4n) is 2.69. The Labute approximate surface area is 101 Å². The molecular weight excluding hydrogens is 198 g/mol. The lowest BCUT2D eigenvalue weighted by molar-refractivity contribution is 0.156. The minimum absolute atomic E-state index is 0.501. The molecule has 1 fully saturated rings. The van der Waals surface area contributed by atoms with E-state index in [1.165, 1.54) is 25.7 Å². The van der Waals surface area contributed by atoms with Crippen molar-refractivity contribution >= 4 is 0 Å². The van der Waals surface area contributed by atoms with E-state index in [-0.39, 0.29) is 0 Å². The maximum atomic E-state index is 5.05. The van der Waals surface area contributed by atoms with E-state index < -0.39 is 0 Å². The van der Waals surface area contributed by atoms with Crippen LogP contribution < -0.4 is 5.32 Å². The van der Waals surface area contributed by atoms with Crippen LogP contribution in [0.1, 0.15) is 52.9 Å². The number of ether oxygens (including phenoxy) is 1. The van der Waals surface area contributed by atoms with E-state index in [1.54, 1.807) is 7.11 Å². The Kier molecular flexibility index (Phi) is 5.77. The van der Waals surface area contributed by atoms with Crippen LogP contribution >= 0.6 is 0 Å². The monoisotopic (exact) mass is 227 g/mol. The second-order valence-corrected chi connectivity index (χ2v) is 6.22. The second-order valence-electron chi connectivity index (χ2n) is 6.22. The molecule has 0 atom stereocenters. The van der Waals surface area contributed by atoms with Crippen molar-refractivity contribution in [1.82, 2.24) is 5.32 Å². The zero-order chi connectivity index (χ0) is 12.0. The Morgan fingerprint density at radius 1 is 1.12 bits per heavy atom. The number of rotatable bonds is 5. The van der Waals surface area contributed by atoms with E-state index in [0.29, 0.717) is 5.41 Å². The Morgan fingerprint density at radius 3 is 2.25 bits per heavy atom. The third-order valence-corrected chi connectivity index (χ3v) is 3.91. The SMILES string of the molecule is COCCCNC1CCC(C(C)(C)C)CC1. The highest BCUT2D eigenvalue weighted by molar-refractivity contribution is 4.83. The van der Waals surface area contributed by atoms with Crippen molar-refractivity contribution < 1.29 is 4.74 Å². The summed E-state index contributed by atoms with van der Waals surface area (Å²) < 4.78 is 5.05. The molecule has 0 radical (unpaired) electrons. The lowest BCUT2D eigenvalue weighted by atomic mass is 9.71. The molecule has 1 rings (SSSR count). The van der Waals surface area contributed by atoms with Crippen LogP contribution in [0.4, 0.5) is 0 Å². The van der Waals surface area contributed by atoms with Crippen LogP contribution in [-0.4, -0.2) is 26.3 Å². The van der Waals surface area contributed by atoms with Gasteiger partial charge in [0.25, 0.3) is 0 Å². The third kappa shape index (κ3) is 4.84. The van der Waals surface area contributed by atoms with Crippen LogP contribution in [0.2, 0.25) is 0 Å². The number of methoxy groups -OCH3 is 1. The van der Waals surface area contributed by atoms with E-state index in [4.69, 9.17) is 4.74 Å². The van der Waals surface area contributed by atoms with E-state index in [2.05, 4.69) is 26.1 Å². The molecule has 0 aliphatic heterocycles. The summed E-state index contributed by atoms with van der Waals surface area (Å²) in [5, 5.41) is 3.65. The lowest BCUT2D eigenvalue weighted by Crippen LogP contribution is -2.36. The summed E-state index contributed by atoms with van der Waals surface area (Å²) in [5.41, 5.74) is 0.501. The first-order valence-corrected chi connectivity index (χ1v) is 6.76. The average molecular weight is 227 g/mol. The zero-order valence-corrected chi connectivity index (χ0v) is 11.5. The van der Waals surface area contributed by atoms with Gasteiger partial charge in [-0.1, -0.05) is 20.8 Å². The van der Waals surface area contributed by atoms with Crippen molar-refractivity contribution in [3.05, 3.63) is 0 Å². The molecular formula is C14H29NO. The number of hydrogen-bond donors (Lipinski definition) is 1. The molecule has 1 saturated carbocycles. The molecule has 16 heavy (non-hydrogen) atoms. The number of hydrogen-bond acceptors (Lipinski definition) is 2. The standard InChI is InChI=1S/C14H29NO/c1-14(2,3)12-6-8-13(9-7-12)15-10-5-11-16-4/h12-13,15H,5-11H2,1-4H3.